The second-order valence-electron chi connectivity index (χ2n) is 5.36. The molecule has 1 aromatic heterocycles. The van der Waals surface area contributed by atoms with Crippen LogP contribution in [0, 0.1) is 5.41 Å². The number of carbonyl (C=O) groups excluding carboxylic acids is 1. The molecular formula is C13H22N2O2. The molecule has 3 N–H and O–H groups in total. The lowest BCUT2D eigenvalue weighted by Crippen LogP contribution is -2.40. The molecule has 0 fully saturated rings. The van der Waals surface area contributed by atoms with Crippen LogP contribution in [0.15, 0.2) is 22.8 Å². The van der Waals surface area contributed by atoms with Gasteiger partial charge in [-0.15, -0.1) is 0 Å². The summed E-state index contributed by atoms with van der Waals surface area (Å²) in [6.07, 6.45) is 2.71. The third kappa shape index (κ3) is 5.04. The number of carbonyl (C=O) groups is 1. The van der Waals surface area contributed by atoms with Gasteiger partial charge in [0.2, 0.25) is 5.91 Å². The van der Waals surface area contributed by atoms with E-state index in [2.05, 4.69) is 5.32 Å². The number of hydrogen-bond donors (Lipinski definition) is 2. The number of furan rings is 1. The lowest BCUT2D eigenvalue weighted by molar-refractivity contribution is -0.121. The molecule has 4 nitrogen and oxygen atoms in total. The molecule has 0 aliphatic rings. The van der Waals surface area contributed by atoms with E-state index in [4.69, 9.17) is 10.2 Å². The molecular weight excluding hydrogens is 216 g/mol. The Labute approximate surface area is 103 Å². The van der Waals surface area contributed by atoms with Crippen LogP contribution < -0.4 is 11.1 Å². The van der Waals surface area contributed by atoms with Crippen LogP contribution >= 0.6 is 0 Å². The van der Waals surface area contributed by atoms with Crippen molar-refractivity contribution in [3.63, 3.8) is 0 Å². The lowest BCUT2D eigenvalue weighted by Gasteiger charge is -2.26. The van der Waals surface area contributed by atoms with E-state index in [1.165, 1.54) is 0 Å². The van der Waals surface area contributed by atoms with Crippen molar-refractivity contribution in [1.29, 1.82) is 0 Å². The van der Waals surface area contributed by atoms with Crippen LogP contribution in [0.1, 0.15) is 33.0 Å². The zero-order chi connectivity index (χ0) is 12.9. The molecule has 1 heterocycles. The number of hydrogen-bond acceptors (Lipinski definition) is 3. The Morgan fingerprint density at radius 1 is 1.53 bits per heavy atom. The molecule has 96 valence electrons. The summed E-state index contributed by atoms with van der Waals surface area (Å²) in [5.41, 5.74) is 5.90. The highest BCUT2D eigenvalue weighted by atomic mass is 16.3. The van der Waals surface area contributed by atoms with Crippen molar-refractivity contribution in [3.05, 3.63) is 24.2 Å². The molecule has 0 aliphatic heterocycles. The van der Waals surface area contributed by atoms with Crippen LogP contribution in [-0.4, -0.2) is 18.5 Å². The summed E-state index contributed by atoms with van der Waals surface area (Å²) in [4.78, 5) is 11.6. The second-order valence-corrected chi connectivity index (χ2v) is 5.36. The fourth-order valence-corrected chi connectivity index (χ4v) is 1.36. The van der Waals surface area contributed by atoms with Gasteiger partial charge in [0.25, 0.3) is 0 Å². The number of amides is 1. The van der Waals surface area contributed by atoms with E-state index in [0.717, 1.165) is 5.76 Å². The van der Waals surface area contributed by atoms with Gasteiger partial charge in [-0.1, -0.05) is 20.8 Å². The predicted molar refractivity (Wildman–Crippen MR) is 67.5 cm³/mol. The minimum atomic E-state index is -0.119. The Morgan fingerprint density at radius 3 is 2.76 bits per heavy atom. The Morgan fingerprint density at radius 2 is 2.24 bits per heavy atom. The van der Waals surface area contributed by atoms with E-state index in [-0.39, 0.29) is 17.4 Å². The predicted octanol–water partition coefficient (Wildman–Crippen LogP) is 1.70. The van der Waals surface area contributed by atoms with E-state index >= 15 is 0 Å². The third-order valence-corrected chi connectivity index (χ3v) is 2.79. The summed E-state index contributed by atoms with van der Waals surface area (Å²) in [7, 11) is 0. The van der Waals surface area contributed by atoms with Crippen molar-refractivity contribution >= 4 is 5.91 Å². The van der Waals surface area contributed by atoms with Gasteiger partial charge < -0.3 is 15.5 Å². The first-order valence-corrected chi connectivity index (χ1v) is 5.94. The monoisotopic (exact) mass is 238 g/mol. The first kappa shape index (κ1) is 13.8. The van der Waals surface area contributed by atoms with Gasteiger partial charge in [-0.25, -0.2) is 0 Å². The highest BCUT2D eigenvalue weighted by Crippen LogP contribution is 2.19. The third-order valence-electron chi connectivity index (χ3n) is 2.79. The van der Waals surface area contributed by atoms with E-state index in [1.807, 2.05) is 32.9 Å². The summed E-state index contributed by atoms with van der Waals surface area (Å²) in [6.45, 7) is 6.69. The van der Waals surface area contributed by atoms with Crippen molar-refractivity contribution in [3.8, 4) is 0 Å². The van der Waals surface area contributed by atoms with E-state index < -0.39 is 0 Å². The van der Waals surface area contributed by atoms with Crippen LogP contribution in [0.25, 0.3) is 0 Å². The smallest absolute Gasteiger partial charge is 0.221 e. The SMILES string of the molecule is CC(C)(C)C(N)CC(=O)NCCc1ccco1. The topological polar surface area (TPSA) is 68.3 Å². The van der Waals surface area contributed by atoms with Crippen molar-refractivity contribution in [2.24, 2.45) is 11.1 Å². The van der Waals surface area contributed by atoms with Gasteiger partial charge in [0.1, 0.15) is 5.76 Å². The maximum absolute atomic E-state index is 11.6. The average molecular weight is 238 g/mol. The van der Waals surface area contributed by atoms with Crippen molar-refractivity contribution in [1.82, 2.24) is 5.32 Å². The Kier molecular flexibility index (Phi) is 4.75. The fourth-order valence-electron chi connectivity index (χ4n) is 1.36. The molecule has 0 saturated carbocycles. The van der Waals surface area contributed by atoms with Crippen molar-refractivity contribution in [2.75, 3.05) is 6.54 Å². The molecule has 0 aromatic carbocycles. The maximum atomic E-state index is 11.6. The zero-order valence-electron chi connectivity index (χ0n) is 10.8. The molecule has 0 bridgehead atoms. The zero-order valence-corrected chi connectivity index (χ0v) is 10.8. The largest absolute Gasteiger partial charge is 0.469 e. The number of rotatable bonds is 5. The summed E-state index contributed by atoms with van der Waals surface area (Å²) < 4.78 is 5.17. The Balaban J connectivity index is 2.22. The quantitative estimate of drug-likeness (QED) is 0.820. The molecule has 0 aliphatic carbocycles. The second kappa shape index (κ2) is 5.87. The van der Waals surface area contributed by atoms with Crippen LogP contribution in [0.4, 0.5) is 0 Å². The molecule has 1 atom stereocenters. The number of nitrogens with one attached hydrogen (secondary N) is 1. The highest BCUT2D eigenvalue weighted by Gasteiger charge is 2.22. The highest BCUT2D eigenvalue weighted by molar-refractivity contribution is 5.76. The fraction of sp³-hybridized carbons (Fsp3) is 0.615. The van der Waals surface area contributed by atoms with Crippen LogP contribution in [0.5, 0.6) is 0 Å². The molecule has 17 heavy (non-hydrogen) atoms. The number of nitrogens with two attached hydrogens (primary N) is 1. The molecule has 0 spiro atoms. The summed E-state index contributed by atoms with van der Waals surface area (Å²) in [5.74, 6) is 0.879. The molecule has 0 saturated heterocycles. The Hall–Kier alpha value is -1.29. The molecule has 1 aromatic rings. The van der Waals surface area contributed by atoms with E-state index in [9.17, 15) is 4.79 Å². The molecule has 1 unspecified atom stereocenters. The minimum absolute atomic E-state index is 0.000943. The van der Waals surface area contributed by atoms with E-state index in [1.54, 1.807) is 6.26 Å². The van der Waals surface area contributed by atoms with Gasteiger partial charge in [-0.3, -0.25) is 4.79 Å². The maximum Gasteiger partial charge on any atom is 0.221 e. The summed E-state index contributed by atoms with van der Waals surface area (Å²) >= 11 is 0. The van der Waals surface area contributed by atoms with Crippen molar-refractivity contribution in [2.45, 2.75) is 39.7 Å². The van der Waals surface area contributed by atoms with Gasteiger partial charge in [0.15, 0.2) is 0 Å². The molecule has 4 heteroatoms. The van der Waals surface area contributed by atoms with Gasteiger partial charge >= 0.3 is 0 Å². The van der Waals surface area contributed by atoms with E-state index in [0.29, 0.717) is 19.4 Å². The molecule has 1 amide bonds. The van der Waals surface area contributed by atoms with Gasteiger partial charge in [-0.2, -0.15) is 0 Å². The average Bonchev–Trinajstić information content (AvgIpc) is 2.69. The first-order valence-electron chi connectivity index (χ1n) is 5.94. The summed E-state index contributed by atoms with van der Waals surface area (Å²) in [5, 5.41) is 2.84. The lowest BCUT2D eigenvalue weighted by atomic mass is 9.85. The molecule has 0 radical (unpaired) electrons. The van der Waals surface area contributed by atoms with Crippen LogP contribution in [-0.2, 0) is 11.2 Å². The van der Waals surface area contributed by atoms with Crippen LogP contribution in [0.2, 0.25) is 0 Å². The Bertz CT molecular complexity index is 339. The molecule has 1 rings (SSSR count). The normalized spacial score (nSPS) is 13.4. The van der Waals surface area contributed by atoms with Crippen LogP contribution in [0.3, 0.4) is 0 Å². The summed E-state index contributed by atoms with van der Waals surface area (Å²) in [6, 6.07) is 3.62. The standard InChI is InChI=1S/C13H22N2O2/c1-13(2,3)11(14)9-12(16)15-7-6-10-5-4-8-17-10/h4-5,8,11H,6-7,9,14H2,1-3H3,(H,15,16). The van der Waals surface area contributed by atoms with Gasteiger partial charge in [0, 0.05) is 25.4 Å². The van der Waals surface area contributed by atoms with Gasteiger partial charge in [0.05, 0.1) is 6.26 Å². The first-order chi connectivity index (χ1) is 7.89. The van der Waals surface area contributed by atoms with Gasteiger partial charge in [-0.05, 0) is 17.5 Å². The van der Waals surface area contributed by atoms with Crippen molar-refractivity contribution < 1.29 is 9.21 Å². The minimum Gasteiger partial charge on any atom is -0.469 e.